The molecule has 0 saturated heterocycles. The summed E-state index contributed by atoms with van der Waals surface area (Å²) in [5.74, 6) is -0.327. The van der Waals surface area contributed by atoms with Crippen molar-refractivity contribution in [1.29, 1.82) is 0 Å². The topological polar surface area (TPSA) is 58.5 Å². The number of aldehydes is 1. The van der Waals surface area contributed by atoms with Gasteiger partial charge in [0.15, 0.2) is 6.29 Å². The number of hydrogen-bond acceptors (Lipinski definition) is 3. The van der Waals surface area contributed by atoms with Crippen LogP contribution in [0, 0.1) is 5.82 Å². The highest BCUT2D eigenvalue weighted by Gasteiger charge is 2.16. The van der Waals surface area contributed by atoms with Gasteiger partial charge in [-0.05, 0) is 29.9 Å². The number of halogens is 3. The predicted octanol–water partition coefficient (Wildman–Crippen LogP) is 3.77. The summed E-state index contributed by atoms with van der Waals surface area (Å²) in [7, 11) is 5.78. The molecule has 2 radical (unpaired) electrons. The summed E-state index contributed by atoms with van der Waals surface area (Å²) in [4.78, 5) is 26.1. The van der Waals surface area contributed by atoms with Gasteiger partial charge in [-0.1, -0.05) is 52.9 Å². The molecule has 0 fully saturated rings. The van der Waals surface area contributed by atoms with E-state index in [2.05, 4.69) is 10.3 Å². The van der Waals surface area contributed by atoms with Crippen molar-refractivity contribution in [3.63, 3.8) is 0 Å². The van der Waals surface area contributed by atoms with E-state index in [1.165, 1.54) is 12.3 Å². The van der Waals surface area contributed by atoms with Gasteiger partial charge in [0.05, 0.1) is 5.02 Å². The normalized spacial score (nSPS) is 15.3. The fourth-order valence-corrected chi connectivity index (χ4v) is 3.30. The van der Waals surface area contributed by atoms with Crippen LogP contribution in [0.4, 0.5) is 4.39 Å². The second-order valence-electron chi connectivity index (χ2n) is 5.98. The van der Waals surface area contributed by atoms with Crippen LogP contribution in [0.5, 0.6) is 0 Å². The van der Waals surface area contributed by atoms with Crippen LogP contribution in [0.25, 0.3) is 16.7 Å². The van der Waals surface area contributed by atoms with Gasteiger partial charge in [0, 0.05) is 33.5 Å². The number of rotatable bonds is 4. The van der Waals surface area contributed by atoms with Crippen LogP contribution in [0.15, 0.2) is 65.3 Å². The molecule has 1 heterocycles. The van der Waals surface area contributed by atoms with E-state index >= 15 is 0 Å². The Morgan fingerprint density at radius 1 is 1.03 bits per heavy atom. The number of amides is 1. The van der Waals surface area contributed by atoms with Gasteiger partial charge in [-0.15, -0.1) is 0 Å². The van der Waals surface area contributed by atoms with Gasteiger partial charge in [-0.3, -0.25) is 9.59 Å². The molecular formula is C21H12BCl2FN2O2. The monoisotopic (exact) mass is 424 g/mol. The van der Waals surface area contributed by atoms with Gasteiger partial charge < -0.3 is 5.32 Å². The number of nitrogens with zero attached hydrogens (tertiary/aromatic N) is 1. The molecule has 142 valence electrons. The molecule has 3 rings (SSSR count). The highest BCUT2D eigenvalue weighted by molar-refractivity contribution is 6.47. The van der Waals surface area contributed by atoms with E-state index in [0.29, 0.717) is 40.5 Å². The number of allylic oxidation sites excluding steroid dienone is 4. The lowest BCUT2D eigenvalue weighted by Crippen LogP contribution is -2.19. The molecule has 0 saturated carbocycles. The van der Waals surface area contributed by atoms with Crippen molar-refractivity contribution in [1.82, 2.24) is 5.32 Å². The van der Waals surface area contributed by atoms with Gasteiger partial charge in [-0.2, -0.15) is 0 Å². The van der Waals surface area contributed by atoms with Gasteiger partial charge in [0.2, 0.25) is 6.41 Å². The second kappa shape index (κ2) is 9.03. The molecule has 2 aromatic carbocycles. The number of amidine groups is 1. The van der Waals surface area contributed by atoms with Crippen LogP contribution < -0.4 is 10.8 Å². The Hall–Kier alpha value is -2.96. The van der Waals surface area contributed by atoms with Crippen LogP contribution in [-0.4, -0.2) is 26.4 Å². The lowest BCUT2D eigenvalue weighted by Gasteiger charge is -2.14. The fraction of sp³-hybridized carbons (Fsp3) is 0. The zero-order valence-electron chi connectivity index (χ0n) is 14.8. The van der Waals surface area contributed by atoms with Crippen molar-refractivity contribution in [3.05, 3.63) is 81.8 Å². The Morgan fingerprint density at radius 3 is 2.52 bits per heavy atom. The van der Waals surface area contributed by atoms with E-state index in [-0.39, 0.29) is 21.3 Å². The van der Waals surface area contributed by atoms with E-state index < -0.39 is 5.82 Å². The Morgan fingerprint density at radius 2 is 1.79 bits per heavy atom. The fourth-order valence-electron chi connectivity index (χ4n) is 2.75. The first-order valence-corrected chi connectivity index (χ1v) is 9.07. The predicted molar refractivity (Wildman–Crippen MR) is 115 cm³/mol. The molecule has 2 aromatic rings. The third kappa shape index (κ3) is 4.55. The van der Waals surface area contributed by atoms with Gasteiger partial charge in [0.25, 0.3) is 0 Å². The van der Waals surface area contributed by atoms with E-state index in [4.69, 9.17) is 31.0 Å². The van der Waals surface area contributed by atoms with Crippen molar-refractivity contribution in [2.75, 3.05) is 0 Å². The van der Waals surface area contributed by atoms with Crippen LogP contribution in [0.1, 0.15) is 5.56 Å². The van der Waals surface area contributed by atoms with Crippen molar-refractivity contribution >= 4 is 60.6 Å². The zero-order chi connectivity index (χ0) is 21.0. The van der Waals surface area contributed by atoms with Crippen LogP contribution in [0.3, 0.4) is 0 Å². The number of carbonyl (C=O) groups is 2. The molecule has 4 nitrogen and oxygen atoms in total. The number of carbonyl (C=O) groups excluding carboxylic acids is 2. The summed E-state index contributed by atoms with van der Waals surface area (Å²) in [6, 6.07) is 7.53. The van der Waals surface area contributed by atoms with E-state index in [0.717, 1.165) is 6.07 Å². The van der Waals surface area contributed by atoms with Gasteiger partial charge in [-0.25, -0.2) is 9.38 Å². The highest BCUT2D eigenvalue weighted by Crippen LogP contribution is 2.37. The van der Waals surface area contributed by atoms with Gasteiger partial charge in [0.1, 0.15) is 19.5 Å². The average molecular weight is 425 g/mol. The van der Waals surface area contributed by atoms with Crippen LogP contribution in [-0.2, 0) is 9.59 Å². The number of aliphatic imine (C=N–C) groups is 1. The molecule has 0 unspecified atom stereocenters. The second-order valence-corrected chi connectivity index (χ2v) is 6.74. The Kier molecular flexibility index (Phi) is 6.47. The maximum atomic E-state index is 13.9. The van der Waals surface area contributed by atoms with Gasteiger partial charge >= 0.3 is 0 Å². The van der Waals surface area contributed by atoms with Crippen LogP contribution in [0.2, 0.25) is 10.0 Å². The molecular weight excluding hydrogens is 413 g/mol. The average Bonchev–Trinajstić information content (AvgIpc) is 2.68. The minimum absolute atomic E-state index is 0.0959. The van der Waals surface area contributed by atoms with E-state index in [1.807, 2.05) is 0 Å². The molecule has 0 bridgehead atoms. The third-order valence-electron chi connectivity index (χ3n) is 4.11. The molecule has 1 aliphatic heterocycles. The molecule has 0 spiro atoms. The maximum Gasteiger partial charge on any atom is 0.212 e. The quantitative estimate of drug-likeness (QED) is 0.599. The first-order chi connectivity index (χ1) is 13.9. The minimum atomic E-state index is -0.543. The summed E-state index contributed by atoms with van der Waals surface area (Å²) in [6.07, 6.45) is 7.25. The first kappa shape index (κ1) is 20.8. The molecule has 1 amide bonds. The Balaban J connectivity index is 2.18. The van der Waals surface area contributed by atoms with E-state index in [1.54, 1.807) is 36.4 Å². The first-order valence-electron chi connectivity index (χ1n) is 8.31. The smallest absolute Gasteiger partial charge is 0.212 e. The summed E-state index contributed by atoms with van der Waals surface area (Å²) < 4.78 is 13.9. The lowest BCUT2D eigenvalue weighted by atomic mass is 9.90. The molecule has 0 atom stereocenters. The molecule has 1 aliphatic rings. The summed E-state index contributed by atoms with van der Waals surface area (Å²) in [5.41, 5.74) is 2.35. The third-order valence-corrected chi connectivity index (χ3v) is 4.94. The Labute approximate surface area is 177 Å². The van der Waals surface area contributed by atoms with Crippen LogP contribution >= 0.6 is 23.2 Å². The lowest BCUT2D eigenvalue weighted by molar-refractivity contribution is -0.108. The largest absolute Gasteiger partial charge is 0.313 e. The number of nitrogens with one attached hydrogen (secondary N) is 1. The molecule has 29 heavy (non-hydrogen) atoms. The minimum Gasteiger partial charge on any atom is -0.313 e. The molecule has 1 N–H and O–H groups in total. The summed E-state index contributed by atoms with van der Waals surface area (Å²) in [6.45, 7) is 0. The van der Waals surface area contributed by atoms with Crippen molar-refractivity contribution < 1.29 is 14.0 Å². The SMILES string of the molecule is [B]c1cc(F)cc(-c2cccc(C3=CC(NC=O)=N/C=C(/C=O)C=C3)c2Cl)c1Cl. The van der Waals surface area contributed by atoms with E-state index in [9.17, 15) is 14.0 Å². The number of benzene rings is 2. The standard InChI is InChI=1S/C21H12BCl2FN2O2/c22-18-8-14(25)7-17(21(18)24)16-3-1-2-15(20(16)23)13-5-4-12(10-28)9-26-19(6-13)27-11-29/h1-11H,(H,26,27,29). The number of hydrogen-bond donors (Lipinski definition) is 1. The van der Waals surface area contributed by atoms with Crippen molar-refractivity contribution in [2.24, 2.45) is 4.99 Å². The molecule has 8 heteroatoms. The molecule has 0 aromatic heterocycles. The van der Waals surface area contributed by atoms with Crippen molar-refractivity contribution in [3.8, 4) is 11.1 Å². The maximum absolute atomic E-state index is 13.9. The Bertz CT molecular complexity index is 1120. The zero-order valence-corrected chi connectivity index (χ0v) is 16.3. The van der Waals surface area contributed by atoms with Crippen molar-refractivity contribution in [2.45, 2.75) is 0 Å². The highest BCUT2D eigenvalue weighted by atomic mass is 35.5. The summed E-state index contributed by atoms with van der Waals surface area (Å²) >= 11 is 12.9. The molecule has 0 aliphatic carbocycles. The summed E-state index contributed by atoms with van der Waals surface area (Å²) in [5, 5.41) is 2.93.